The number of sulfone groups is 1. The summed E-state index contributed by atoms with van der Waals surface area (Å²) in [7, 11) is -3.47. The lowest BCUT2D eigenvalue weighted by atomic mass is 9.85. The molecular weight excluding hydrogens is 451 g/mol. The maximum atomic E-state index is 14.6. The van der Waals surface area contributed by atoms with E-state index in [1.54, 1.807) is 4.80 Å². The third-order valence-corrected chi connectivity index (χ3v) is 7.76. The number of anilines is 1. The number of tetrazole rings is 1. The molecule has 3 heterocycles. The molecule has 0 spiro atoms. The van der Waals surface area contributed by atoms with Crippen LogP contribution in [0.5, 0.6) is 0 Å². The summed E-state index contributed by atoms with van der Waals surface area (Å²) in [5.74, 6) is 0.273. The molecular formula is C21H29FN6O4S. The van der Waals surface area contributed by atoms with E-state index in [1.165, 1.54) is 17.0 Å². The highest BCUT2D eigenvalue weighted by atomic mass is 32.2. The van der Waals surface area contributed by atoms with Gasteiger partial charge in [0.2, 0.25) is 0 Å². The van der Waals surface area contributed by atoms with Gasteiger partial charge in [0.25, 0.3) is 0 Å². The Bertz CT molecular complexity index is 1140. The molecule has 33 heavy (non-hydrogen) atoms. The number of hydrogen-bond donors (Lipinski definition) is 1. The van der Waals surface area contributed by atoms with Gasteiger partial charge in [-0.1, -0.05) is 13.8 Å². The van der Waals surface area contributed by atoms with Gasteiger partial charge in [-0.3, -0.25) is 0 Å². The van der Waals surface area contributed by atoms with E-state index in [2.05, 4.69) is 15.4 Å². The largest absolute Gasteiger partial charge is 0.465 e. The monoisotopic (exact) mass is 480 g/mol. The van der Waals surface area contributed by atoms with E-state index in [4.69, 9.17) is 0 Å². The SMILES string of the molecule is CC(C)C1CC(c2nnn(C3CCN(c4ccc(S(C)(=O)=O)cc4F)C3)n2)CCN1C(=O)O. The molecule has 180 valence electrons. The van der Waals surface area contributed by atoms with Crippen molar-refractivity contribution in [2.75, 3.05) is 30.8 Å². The summed E-state index contributed by atoms with van der Waals surface area (Å²) in [5.41, 5.74) is 0.353. The maximum absolute atomic E-state index is 14.6. The van der Waals surface area contributed by atoms with Gasteiger partial charge in [-0.2, -0.15) is 4.80 Å². The fourth-order valence-corrected chi connectivity index (χ4v) is 5.41. The fourth-order valence-electron chi connectivity index (χ4n) is 4.78. The predicted octanol–water partition coefficient (Wildman–Crippen LogP) is 2.55. The Morgan fingerprint density at radius 3 is 2.64 bits per heavy atom. The Morgan fingerprint density at radius 1 is 1.24 bits per heavy atom. The van der Waals surface area contributed by atoms with Crippen molar-refractivity contribution in [2.45, 2.75) is 56.0 Å². The first-order valence-electron chi connectivity index (χ1n) is 11.1. The van der Waals surface area contributed by atoms with Crippen molar-refractivity contribution in [3.8, 4) is 0 Å². The number of benzene rings is 1. The summed E-state index contributed by atoms with van der Waals surface area (Å²) < 4.78 is 37.9. The number of hydrogen-bond acceptors (Lipinski definition) is 7. The number of aromatic nitrogens is 4. The lowest BCUT2D eigenvalue weighted by Gasteiger charge is -2.39. The molecule has 1 aromatic carbocycles. The number of likely N-dealkylation sites (tertiary alicyclic amines) is 1. The molecule has 1 N–H and O–H groups in total. The molecule has 12 heteroatoms. The van der Waals surface area contributed by atoms with E-state index in [-0.39, 0.29) is 28.8 Å². The van der Waals surface area contributed by atoms with Crippen LogP contribution in [0.25, 0.3) is 0 Å². The maximum Gasteiger partial charge on any atom is 0.407 e. The van der Waals surface area contributed by atoms with Crippen LogP contribution in [-0.4, -0.2) is 76.7 Å². The zero-order valence-corrected chi connectivity index (χ0v) is 19.7. The number of halogens is 1. The zero-order valence-electron chi connectivity index (χ0n) is 18.9. The molecule has 0 radical (unpaired) electrons. The van der Waals surface area contributed by atoms with Crippen molar-refractivity contribution < 1.29 is 22.7 Å². The molecule has 10 nitrogen and oxygen atoms in total. The molecule has 2 aliphatic rings. The van der Waals surface area contributed by atoms with Crippen LogP contribution in [0.15, 0.2) is 23.1 Å². The van der Waals surface area contributed by atoms with Crippen LogP contribution < -0.4 is 4.90 Å². The first kappa shape index (κ1) is 23.4. The van der Waals surface area contributed by atoms with Crippen LogP contribution in [0.4, 0.5) is 14.9 Å². The second-order valence-corrected chi connectivity index (χ2v) is 11.3. The van der Waals surface area contributed by atoms with Crippen molar-refractivity contribution in [3.63, 3.8) is 0 Å². The Kier molecular flexibility index (Phi) is 6.30. The van der Waals surface area contributed by atoms with Crippen molar-refractivity contribution in [2.24, 2.45) is 5.92 Å². The highest BCUT2D eigenvalue weighted by molar-refractivity contribution is 7.90. The lowest BCUT2D eigenvalue weighted by molar-refractivity contribution is 0.0817. The number of amides is 1. The number of rotatable bonds is 5. The molecule has 2 saturated heterocycles. The number of carbonyl (C=O) groups is 1. The van der Waals surface area contributed by atoms with Crippen LogP contribution in [0.3, 0.4) is 0 Å². The van der Waals surface area contributed by atoms with Crippen molar-refractivity contribution in [1.82, 2.24) is 25.1 Å². The van der Waals surface area contributed by atoms with E-state index < -0.39 is 21.7 Å². The standard InChI is InChI=1S/C21H29FN6O4S/c1-13(2)19-10-14(6-9-27(19)21(29)30)20-23-25-28(24-20)15-7-8-26(12-15)18-5-4-16(11-17(18)22)33(3,31)32/h4-5,11,13-15,19H,6-10,12H2,1-3H3,(H,29,30). The van der Waals surface area contributed by atoms with Crippen molar-refractivity contribution >= 4 is 21.6 Å². The molecule has 4 rings (SSSR count). The second-order valence-electron chi connectivity index (χ2n) is 9.25. The Morgan fingerprint density at radius 2 is 2.00 bits per heavy atom. The van der Waals surface area contributed by atoms with Gasteiger partial charge in [0.05, 0.1) is 16.6 Å². The van der Waals surface area contributed by atoms with Crippen LogP contribution in [0.2, 0.25) is 0 Å². The van der Waals surface area contributed by atoms with Gasteiger partial charge in [0.1, 0.15) is 5.82 Å². The normalized spacial score (nSPS) is 24.0. The van der Waals surface area contributed by atoms with Gasteiger partial charge in [0, 0.05) is 37.8 Å². The number of nitrogens with zero attached hydrogens (tertiary/aromatic N) is 6. The highest BCUT2D eigenvalue weighted by Gasteiger charge is 2.36. The van der Waals surface area contributed by atoms with E-state index in [0.29, 0.717) is 50.4 Å². The Balaban J connectivity index is 1.44. The van der Waals surface area contributed by atoms with E-state index >= 15 is 0 Å². The second kappa shape index (κ2) is 8.88. The van der Waals surface area contributed by atoms with Crippen LogP contribution >= 0.6 is 0 Å². The minimum atomic E-state index is -3.47. The molecule has 1 amide bonds. The first-order valence-corrected chi connectivity index (χ1v) is 13.0. The Hall–Kier alpha value is -2.76. The summed E-state index contributed by atoms with van der Waals surface area (Å²) in [6, 6.07) is 3.80. The average molecular weight is 481 g/mol. The summed E-state index contributed by atoms with van der Waals surface area (Å²) in [5, 5.41) is 22.6. The van der Waals surface area contributed by atoms with Gasteiger partial charge < -0.3 is 14.9 Å². The first-order chi connectivity index (χ1) is 15.5. The summed E-state index contributed by atoms with van der Waals surface area (Å²) in [6.45, 7) is 5.54. The minimum Gasteiger partial charge on any atom is -0.465 e. The summed E-state index contributed by atoms with van der Waals surface area (Å²) in [6.07, 6.45) is 2.16. The third kappa shape index (κ3) is 4.80. The molecule has 0 saturated carbocycles. The Labute approximate surface area is 192 Å². The van der Waals surface area contributed by atoms with Crippen LogP contribution in [0.1, 0.15) is 50.9 Å². The summed E-state index contributed by atoms with van der Waals surface area (Å²) >= 11 is 0. The summed E-state index contributed by atoms with van der Waals surface area (Å²) in [4.78, 5) is 16.4. The molecule has 2 aliphatic heterocycles. The molecule has 1 aromatic heterocycles. The average Bonchev–Trinajstić information content (AvgIpc) is 3.42. The molecule has 0 aliphatic carbocycles. The van der Waals surface area contributed by atoms with Gasteiger partial charge in [-0.25, -0.2) is 17.6 Å². The quantitative estimate of drug-likeness (QED) is 0.693. The van der Waals surface area contributed by atoms with E-state index in [0.717, 1.165) is 12.3 Å². The van der Waals surface area contributed by atoms with Crippen molar-refractivity contribution in [1.29, 1.82) is 0 Å². The molecule has 0 bridgehead atoms. The van der Waals surface area contributed by atoms with Gasteiger partial charge in [-0.15, -0.1) is 10.2 Å². The van der Waals surface area contributed by atoms with Gasteiger partial charge in [-0.05, 0) is 48.6 Å². The molecule has 3 atom stereocenters. The minimum absolute atomic E-state index is 0.0419. The smallest absolute Gasteiger partial charge is 0.407 e. The predicted molar refractivity (Wildman–Crippen MR) is 119 cm³/mol. The van der Waals surface area contributed by atoms with Crippen LogP contribution in [0, 0.1) is 11.7 Å². The molecule has 3 unspecified atom stereocenters. The van der Waals surface area contributed by atoms with Crippen LogP contribution in [-0.2, 0) is 9.84 Å². The van der Waals surface area contributed by atoms with Crippen molar-refractivity contribution in [3.05, 3.63) is 29.8 Å². The van der Waals surface area contributed by atoms with Gasteiger partial charge >= 0.3 is 6.09 Å². The lowest BCUT2D eigenvalue weighted by Crippen LogP contribution is -2.47. The molecule has 2 fully saturated rings. The number of carboxylic acid groups (broad SMARTS) is 1. The number of piperidine rings is 1. The fraction of sp³-hybridized carbons (Fsp3) is 0.619. The zero-order chi connectivity index (χ0) is 23.9. The highest BCUT2D eigenvalue weighted by Crippen LogP contribution is 2.34. The van der Waals surface area contributed by atoms with E-state index in [1.807, 2.05) is 18.7 Å². The molecule has 2 aromatic rings. The topological polar surface area (TPSA) is 122 Å². The third-order valence-electron chi connectivity index (χ3n) is 6.65. The van der Waals surface area contributed by atoms with Gasteiger partial charge in [0.15, 0.2) is 15.7 Å². The van der Waals surface area contributed by atoms with E-state index in [9.17, 15) is 22.7 Å².